The second-order valence-electron chi connectivity index (χ2n) is 6.56. The van der Waals surface area contributed by atoms with E-state index in [0.717, 1.165) is 5.56 Å². The molecule has 8 nitrogen and oxygen atoms in total. The van der Waals surface area contributed by atoms with Gasteiger partial charge in [0.15, 0.2) is 0 Å². The molecule has 0 aliphatic carbocycles. The molecule has 0 atom stereocenters. The molecule has 0 fully saturated rings. The molecular formula is C24H19N5O3. The van der Waals surface area contributed by atoms with Crippen molar-refractivity contribution in [3.05, 3.63) is 91.9 Å². The Labute approximate surface area is 184 Å². The van der Waals surface area contributed by atoms with Crippen LogP contribution in [-0.4, -0.2) is 20.9 Å². The molecule has 0 radical (unpaired) electrons. The Hall–Kier alpha value is -4.72. The van der Waals surface area contributed by atoms with Gasteiger partial charge in [0.2, 0.25) is 17.7 Å². The zero-order valence-corrected chi connectivity index (χ0v) is 16.9. The Bertz CT molecular complexity index is 1240. The molecule has 2 heterocycles. The minimum Gasteiger partial charge on any atom is -0.439 e. The number of aromatic nitrogens is 3. The van der Waals surface area contributed by atoms with E-state index in [2.05, 4.69) is 26.8 Å². The van der Waals surface area contributed by atoms with Crippen molar-refractivity contribution in [3.63, 3.8) is 0 Å². The quantitative estimate of drug-likeness (QED) is 0.408. The lowest BCUT2D eigenvalue weighted by Gasteiger charge is -2.13. The van der Waals surface area contributed by atoms with Crippen LogP contribution in [0.2, 0.25) is 0 Å². The van der Waals surface area contributed by atoms with Crippen LogP contribution in [-0.2, 0) is 4.79 Å². The largest absolute Gasteiger partial charge is 0.439 e. The average Bonchev–Trinajstić information content (AvgIpc) is 2.81. The number of ether oxygens (including phenoxy) is 2. The summed E-state index contributed by atoms with van der Waals surface area (Å²) in [5.41, 5.74) is 8.00. The van der Waals surface area contributed by atoms with E-state index in [1.165, 1.54) is 12.4 Å². The number of nitrogens with one attached hydrogen (secondary N) is 1. The number of pyridine rings is 1. The molecule has 8 heteroatoms. The number of anilines is 2. The summed E-state index contributed by atoms with van der Waals surface area (Å²) in [5.74, 6) is 1.82. The fourth-order valence-electron chi connectivity index (χ4n) is 2.89. The number of nitrogens with zero attached hydrogens (tertiary/aromatic N) is 3. The second kappa shape index (κ2) is 9.40. The van der Waals surface area contributed by atoms with Gasteiger partial charge in [0.25, 0.3) is 0 Å². The molecule has 0 bridgehead atoms. The van der Waals surface area contributed by atoms with Gasteiger partial charge in [-0.15, -0.1) is 0 Å². The zero-order chi connectivity index (χ0) is 22.3. The highest BCUT2D eigenvalue weighted by Crippen LogP contribution is 2.36. The third-order valence-corrected chi connectivity index (χ3v) is 4.35. The van der Waals surface area contributed by atoms with Crippen LogP contribution in [0.1, 0.15) is 0 Å². The predicted molar refractivity (Wildman–Crippen MR) is 122 cm³/mol. The van der Waals surface area contributed by atoms with Gasteiger partial charge in [-0.05, 0) is 42.0 Å². The van der Waals surface area contributed by atoms with Crippen LogP contribution < -0.4 is 20.5 Å². The highest BCUT2D eigenvalue weighted by Gasteiger charge is 2.15. The molecule has 0 spiro atoms. The van der Waals surface area contributed by atoms with Crippen molar-refractivity contribution in [2.75, 3.05) is 11.1 Å². The molecule has 0 saturated carbocycles. The number of nitrogens with two attached hydrogens (primary N) is 1. The first kappa shape index (κ1) is 20.5. The Balaban J connectivity index is 1.59. The number of hydrogen-bond acceptors (Lipinski definition) is 7. The average molecular weight is 425 g/mol. The van der Waals surface area contributed by atoms with E-state index in [9.17, 15) is 4.79 Å². The summed E-state index contributed by atoms with van der Waals surface area (Å²) in [7, 11) is 0. The summed E-state index contributed by atoms with van der Waals surface area (Å²) in [4.78, 5) is 24.0. The Morgan fingerprint density at radius 2 is 1.78 bits per heavy atom. The topological polar surface area (TPSA) is 112 Å². The van der Waals surface area contributed by atoms with E-state index < -0.39 is 0 Å². The van der Waals surface area contributed by atoms with Gasteiger partial charge in [-0.2, -0.15) is 0 Å². The molecule has 0 saturated heterocycles. The van der Waals surface area contributed by atoms with Gasteiger partial charge in [0.1, 0.15) is 23.6 Å². The number of carbonyl (C=O) groups is 1. The number of nitrogen functional groups attached to an aromatic ring is 1. The Kier molecular flexibility index (Phi) is 6.03. The first-order chi connectivity index (χ1) is 15.6. The molecule has 3 N–H and O–H groups in total. The van der Waals surface area contributed by atoms with Crippen molar-refractivity contribution in [3.8, 4) is 34.4 Å². The van der Waals surface area contributed by atoms with E-state index in [1.807, 2.05) is 24.3 Å². The molecule has 0 aliphatic heterocycles. The fraction of sp³-hybridized carbons (Fsp3) is 0. The molecule has 158 valence electrons. The summed E-state index contributed by atoms with van der Waals surface area (Å²) >= 11 is 0. The van der Waals surface area contributed by atoms with Crippen molar-refractivity contribution >= 4 is 17.4 Å². The number of benzene rings is 2. The number of amides is 1. The normalized spacial score (nSPS) is 10.2. The maximum Gasteiger partial charge on any atom is 0.247 e. The second-order valence-corrected chi connectivity index (χ2v) is 6.56. The van der Waals surface area contributed by atoms with Crippen LogP contribution in [0.3, 0.4) is 0 Å². The minimum absolute atomic E-state index is 0.268. The van der Waals surface area contributed by atoms with E-state index in [4.69, 9.17) is 15.2 Å². The molecule has 0 aliphatic rings. The third kappa shape index (κ3) is 4.88. The summed E-state index contributed by atoms with van der Waals surface area (Å²) in [5, 5.41) is 2.69. The maximum absolute atomic E-state index is 11.6. The summed E-state index contributed by atoms with van der Waals surface area (Å²) < 4.78 is 11.7. The standard InChI is InChI=1S/C24H19N5O3/c1-2-20(30)29-17-6-5-7-19(14-17)32-24-22(23(25)27-15-28-24)16-9-11-18(12-10-16)31-21-8-3-4-13-26-21/h2-15H,1H2,(H,29,30)(H2,25,27,28). The lowest BCUT2D eigenvalue weighted by molar-refractivity contribution is -0.111. The van der Waals surface area contributed by atoms with E-state index in [-0.39, 0.29) is 17.6 Å². The Morgan fingerprint density at radius 1 is 0.938 bits per heavy atom. The highest BCUT2D eigenvalue weighted by atomic mass is 16.5. The van der Waals surface area contributed by atoms with Crippen molar-refractivity contribution < 1.29 is 14.3 Å². The van der Waals surface area contributed by atoms with Gasteiger partial charge >= 0.3 is 0 Å². The summed E-state index contributed by atoms with van der Waals surface area (Å²) in [6.45, 7) is 3.44. The van der Waals surface area contributed by atoms with E-state index >= 15 is 0 Å². The first-order valence-electron chi connectivity index (χ1n) is 9.63. The number of carbonyl (C=O) groups excluding carboxylic acids is 1. The first-order valence-corrected chi connectivity index (χ1v) is 9.63. The minimum atomic E-state index is -0.317. The van der Waals surface area contributed by atoms with Crippen LogP contribution in [0.25, 0.3) is 11.1 Å². The lowest BCUT2D eigenvalue weighted by Crippen LogP contribution is -2.07. The van der Waals surface area contributed by atoms with Crippen LogP contribution >= 0.6 is 0 Å². The maximum atomic E-state index is 11.6. The zero-order valence-electron chi connectivity index (χ0n) is 16.9. The number of hydrogen-bond donors (Lipinski definition) is 2. The summed E-state index contributed by atoms with van der Waals surface area (Å²) in [6, 6.07) is 19.6. The smallest absolute Gasteiger partial charge is 0.247 e. The van der Waals surface area contributed by atoms with Crippen molar-refractivity contribution in [2.24, 2.45) is 0 Å². The SMILES string of the molecule is C=CC(=O)Nc1cccc(Oc2ncnc(N)c2-c2ccc(Oc3ccccn3)cc2)c1. The molecular weight excluding hydrogens is 406 g/mol. The van der Waals surface area contributed by atoms with E-state index in [0.29, 0.717) is 28.6 Å². The fourth-order valence-corrected chi connectivity index (χ4v) is 2.89. The molecule has 4 rings (SSSR count). The van der Waals surface area contributed by atoms with Crippen LogP contribution in [0, 0.1) is 0 Å². The summed E-state index contributed by atoms with van der Waals surface area (Å²) in [6.07, 6.45) is 4.18. The lowest BCUT2D eigenvalue weighted by atomic mass is 10.1. The highest BCUT2D eigenvalue weighted by molar-refractivity contribution is 5.98. The van der Waals surface area contributed by atoms with E-state index in [1.54, 1.807) is 48.7 Å². The van der Waals surface area contributed by atoms with Crippen LogP contribution in [0.4, 0.5) is 11.5 Å². The molecule has 1 amide bonds. The van der Waals surface area contributed by atoms with Gasteiger partial charge in [0, 0.05) is 24.0 Å². The molecule has 4 aromatic rings. The predicted octanol–water partition coefficient (Wildman–Crippen LogP) is 4.83. The van der Waals surface area contributed by atoms with Gasteiger partial charge in [0.05, 0.1) is 5.56 Å². The molecule has 2 aromatic carbocycles. The molecule has 2 aromatic heterocycles. The van der Waals surface area contributed by atoms with Crippen LogP contribution in [0.5, 0.6) is 23.3 Å². The monoisotopic (exact) mass is 425 g/mol. The van der Waals surface area contributed by atoms with Gasteiger partial charge in [-0.3, -0.25) is 4.79 Å². The Morgan fingerprint density at radius 3 is 2.53 bits per heavy atom. The number of rotatable bonds is 7. The van der Waals surface area contributed by atoms with Gasteiger partial charge in [-0.1, -0.05) is 30.8 Å². The van der Waals surface area contributed by atoms with Crippen LogP contribution in [0.15, 0.2) is 91.9 Å². The van der Waals surface area contributed by atoms with Crippen molar-refractivity contribution in [2.45, 2.75) is 0 Å². The molecule has 32 heavy (non-hydrogen) atoms. The van der Waals surface area contributed by atoms with Gasteiger partial charge in [-0.25, -0.2) is 15.0 Å². The third-order valence-electron chi connectivity index (χ3n) is 4.35. The van der Waals surface area contributed by atoms with Gasteiger partial charge < -0.3 is 20.5 Å². The molecule has 0 unspecified atom stereocenters. The van der Waals surface area contributed by atoms with Crippen molar-refractivity contribution in [1.29, 1.82) is 0 Å². The van der Waals surface area contributed by atoms with Crippen molar-refractivity contribution in [1.82, 2.24) is 15.0 Å².